The van der Waals surface area contributed by atoms with Crippen molar-refractivity contribution in [1.82, 2.24) is 4.90 Å². The fourth-order valence-electron chi connectivity index (χ4n) is 3.68. The maximum atomic E-state index is 9.06. The normalized spacial score (nSPS) is 17.7. The molecule has 1 rings (SSSR count). The topological polar surface area (TPSA) is 35.8 Å². The Morgan fingerprint density at radius 1 is 0.885 bits per heavy atom. The quantitative estimate of drug-likeness (QED) is 0.235. The lowest BCUT2D eigenvalue weighted by Gasteiger charge is -2.21. The molecular weight excluding hydrogens is 320 g/mol. The summed E-state index contributed by atoms with van der Waals surface area (Å²) in [6.07, 6.45) is 27.3. The lowest BCUT2D eigenvalue weighted by molar-refractivity contribution is 0.176. The van der Waals surface area contributed by atoms with Crippen LogP contribution in [0.1, 0.15) is 103 Å². The van der Waals surface area contributed by atoms with Crippen molar-refractivity contribution in [2.24, 2.45) is 4.99 Å². The molecule has 3 heteroatoms. The molecule has 0 aromatic carbocycles. The van der Waals surface area contributed by atoms with Gasteiger partial charge in [-0.25, -0.2) is 0 Å². The van der Waals surface area contributed by atoms with E-state index in [1.165, 1.54) is 89.9 Å². The van der Waals surface area contributed by atoms with Gasteiger partial charge in [-0.2, -0.15) is 0 Å². The number of nitrogens with zero attached hydrogens (tertiary/aromatic N) is 2. The van der Waals surface area contributed by atoms with E-state index in [1.54, 1.807) is 0 Å². The number of aliphatic hydroxyl groups is 1. The number of hydrogen-bond donors (Lipinski definition) is 1. The van der Waals surface area contributed by atoms with Crippen LogP contribution in [-0.2, 0) is 0 Å². The standard InChI is InChI=1S/C23H44N2O/c1-2-3-4-5-6-7-8-9-10-11-12-13-14-15-16-17-18-23-24-19-20-25(23)21-22-26/h5-6,19,23,26H,2-4,7-18,20-22H2,1H3/b6-5+. The molecule has 0 aromatic heterocycles. The minimum atomic E-state index is 0.246. The Hall–Kier alpha value is -0.670. The largest absolute Gasteiger partial charge is 0.395 e. The highest BCUT2D eigenvalue weighted by molar-refractivity contribution is 5.62. The number of aliphatic hydroxyl groups excluding tert-OH is 1. The van der Waals surface area contributed by atoms with E-state index in [2.05, 4.69) is 29.0 Å². The second-order valence-corrected chi connectivity index (χ2v) is 7.76. The van der Waals surface area contributed by atoms with Gasteiger partial charge >= 0.3 is 0 Å². The van der Waals surface area contributed by atoms with E-state index < -0.39 is 0 Å². The number of allylic oxidation sites excluding steroid dienone is 2. The molecule has 0 spiro atoms. The molecule has 0 fully saturated rings. The summed E-state index contributed by atoms with van der Waals surface area (Å²) >= 11 is 0. The number of hydrogen-bond acceptors (Lipinski definition) is 3. The van der Waals surface area contributed by atoms with Crippen LogP contribution in [0.2, 0.25) is 0 Å². The molecule has 0 aromatic rings. The summed E-state index contributed by atoms with van der Waals surface area (Å²) < 4.78 is 0. The Kier molecular flexibility index (Phi) is 15.9. The zero-order chi connectivity index (χ0) is 18.7. The summed E-state index contributed by atoms with van der Waals surface area (Å²) in [7, 11) is 0. The molecule has 152 valence electrons. The Balaban J connectivity index is 1.77. The van der Waals surface area contributed by atoms with Crippen LogP contribution >= 0.6 is 0 Å². The van der Waals surface area contributed by atoms with E-state index in [4.69, 9.17) is 5.11 Å². The first kappa shape index (κ1) is 23.4. The van der Waals surface area contributed by atoms with Gasteiger partial charge in [0.25, 0.3) is 0 Å². The monoisotopic (exact) mass is 364 g/mol. The van der Waals surface area contributed by atoms with Gasteiger partial charge in [0, 0.05) is 19.3 Å². The van der Waals surface area contributed by atoms with E-state index in [9.17, 15) is 0 Å². The van der Waals surface area contributed by atoms with Gasteiger partial charge in [0.05, 0.1) is 6.61 Å². The Labute approximate surface area is 163 Å². The fraction of sp³-hybridized carbons (Fsp3) is 0.870. The van der Waals surface area contributed by atoms with Crippen molar-refractivity contribution >= 4 is 6.21 Å². The highest BCUT2D eigenvalue weighted by Crippen LogP contribution is 2.16. The molecule has 1 N–H and O–H groups in total. The van der Waals surface area contributed by atoms with Gasteiger partial charge in [0.15, 0.2) is 0 Å². The summed E-state index contributed by atoms with van der Waals surface area (Å²) in [5.41, 5.74) is 0. The van der Waals surface area contributed by atoms with Gasteiger partial charge in [-0.1, -0.05) is 83.3 Å². The van der Waals surface area contributed by atoms with Crippen LogP contribution in [0.15, 0.2) is 17.1 Å². The van der Waals surface area contributed by atoms with Crippen LogP contribution in [0.3, 0.4) is 0 Å². The predicted molar refractivity (Wildman–Crippen MR) is 115 cm³/mol. The highest BCUT2D eigenvalue weighted by atomic mass is 16.3. The molecular formula is C23H44N2O. The van der Waals surface area contributed by atoms with Crippen LogP contribution in [0.25, 0.3) is 0 Å². The van der Waals surface area contributed by atoms with E-state index in [0.29, 0.717) is 6.17 Å². The van der Waals surface area contributed by atoms with E-state index >= 15 is 0 Å². The predicted octanol–water partition coefficient (Wildman–Crippen LogP) is 6.12. The molecule has 1 aliphatic rings. The number of unbranched alkanes of at least 4 members (excludes halogenated alkanes) is 12. The molecule has 0 amide bonds. The Morgan fingerprint density at radius 3 is 2.08 bits per heavy atom. The number of β-amino-alcohol motifs (C(OH)–C–C–N with tert-alkyl or cyclic N) is 1. The molecule has 0 saturated carbocycles. The first-order valence-corrected chi connectivity index (χ1v) is 11.4. The summed E-state index contributed by atoms with van der Waals surface area (Å²) in [5.74, 6) is 0. The molecule has 1 aliphatic heterocycles. The molecule has 1 unspecified atom stereocenters. The average Bonchev–Trinajstić information content (AvgIpc) is 3.09. The minimum Gasteiger partial charge on any atom is -0.395 e. The zero-order valence-electron chi connectivity index (χ0n) is 17.4. The van der Waals surface area contributed by atoms with Crippen molar-refractivity contribution in [2.45, 2.75) is 109 Å². The first-order valence-electron chi connectivity index (χ1n) is 11.4. The van der Waals surface area contributed by atoms with Crippen molar-refractivity contribution < 1.29 is 5.11 Å². The lowest BCUT2D eigenvalue weighted by Crippen LogP contribution is -2.32. The van der Waals surface area contributed by atoms with Crippen molar-refractivity contribution in [3.05, 3.63) is 12.2 Å². The van der Waals surface area contributed by atoms with Gasteiger partial charge in [-0.05, 0) is 32.1 Å². The van der Waals surface area contributed by atoms with Gasteiger partial charge in [-0.3, -0.25) is 9.89 Å². The summed E-state index contributed by atoms with van der Waals surface area (Å²) in [4.78, 5) is 6.81. The van der Waals surface area contributed by atoms with Crippen molar-refractivity contribution in [1.29, 1.82) is 0 Å². The van der Waals surface area contributed by atoms with Crippen LogP contribution in [-0.4, -0.2) is 42.1 Å². The number of rotatable bonds is 18. The molecule has 1 atom stereocenters. The van der Waals surface area contributed by atoms with E-state index in [1.807, 2.05) is 6.21 Å². The maximum Gasteiger partial charge on any atom is 0.102 e. The van der Waals surface area contributed by atoms with Crippen molar-refractivity contribution in [3.8, 4) is 0 Å². The van der Waals surface area contributed by atoms with Gasteiger partial charge in [-0.15, -0.1) is 0 Å². The van der Waals surface area contributed by atoms with Gasteiger partial charge in [0.2, 0.25) is 0 Å². The SMILES string of the molecule is CCCC/C=C/CCCCCCCCCCCCC1N=CCN1CCO. The van der Waals surface area contributed by atoms with Crippen molar-refractivity contribution in [2.75, 3.05) is 19.7 Å². The summed E-state index contributed by atoms with van der Waals surface area (Å²) in [5, 5.41) is 9.06. The minimum absolute atomic E-state index is 0.246. The second kappa shape index (κ2) is 17.7. The third kappa shape index (κ3) is 12.6. The molecule has 0 aliphatic carbocycles. The summed E-state index contributed by atoms with van der Waals surface area (Å²) in [6, 6.07) is 0. The molecule has 1 heterocycles. The molecule has 0 bridgehead atoms. The van der Waals surface area contributed by atoms with Crippen LogP contribution in [0.4, 0.5) is 0 Å². The zero-order valence-corrected chi connectivity index (χ0v) is 17.4. The fourth-order valence-corrected chi connectivity index (χ4v) is 3.68. The van der Waals surface area contributed by atoms with Gasteiger partial charge < -0.3 is 5.11 Å². The van der Waals surface area contributed by atoms with Gasteiger partial charge in [0.1, 0.15) is 6.17 Å². The van der Waals surface area contributed by atoms with Crippen LogP contribution in [0, 0.1) is 0 Å². The molecule has 0 saturated heterocycles. The molecule has 0 radical (unpaired) electrons. The lowest BCUT2D eigenvalue weighted by atomic mass is 10.0. The second-order valence-electron chi connectivity index (χ2n) is 7.76. The van der Waals surface area contributed by atoms with E-state index in [-0.39, 0.29) is 6.61 Å². The Morgan fingerprint density at radius 2 is 1.46 bits per heavy atom. The smallest absolute Gasteiger partial charge is 0.102 e. The number of aliphatic imine (C=N–C) groups is 1. The van der Waals surface area contributed by atoms with Crippen molar-refractivity contribution in [3.63, 3.8) is 0 Å². The average molecular weight is 365 g/mol. The third-order valence-corrected chi connectivity index (χ3v) is 5.38. The molecule has 3 nitrogen and oxygen atoms in total. The maximum absolute atomic E-state index is 9.06. The van der Waals surface area contributed by atoms with Crippen LogP contribution < -0.4 is 0 Å². The Bertz CT molecular complexity index is 354. The van der Waals surface area contributed by atoms with E-state index in [0.717, 1.165) is 19.5 Å². The highest BCUT2D eigenvalue weighted by Gasteiger charge is 2.19. The first-order chi connectivity index (χ1) is 12.9. The summed E-state index contributed by atoms with van der Waals surface area (Å²) in [6.45, 7) is 4.18. The molecule has 26 heavy (non-hydrogen) atoms. The van der Waals surface area contributed by atoms with Crippen LogP contribution in [0.5, 0.6) is 0 Å². The third-order valence-electron chi connectivity index (χ3n) is 5.38.